The van der Waals surface area contributed by atoms with Crippen molar-refractivity contribution in [3.63, 3.8) is 0 Å². The van der Waals surface area contributed by atoms with E-state index in [-0.39, 0.29) is 11.8 Å². The number of nitrogens with one attached hydrogen (secondary N) is 2. The monoisotopic (exact) mass is 542 g/mol. The Bertz CT molecular complexity index is 471. The van der Waals surface area contributed by atoms with E-state index in [1.807, 2.05) is 13.8 Å². The van der Waals surface area contributed by atoms with Gasteiger partial charge < -0.3 is 16.4 Å². The summed E-state index contributed by atoms with van der Waals surface area (Å²) >= 11 is 0. The van der Waals surface area contributed by atoms with Gasteiger partial charge in [0.05, 0.1) is 0 Å². The van der Waals surface area contributed by atoms with Gasteiger partial charge in [0, 0.05) is 19.4 Å². The Hall–Kier alpha value is -1.10. The molecule has 0 bridgehead atoms. The number of hydrogen-bond donors (Lipinski definition) is 3. The SMILES string of the molecule is CCC.CCCC(=O)NCCCNCCCC(C)C.CCCC(CCC)C1CCCCC1.CCCC(N)=O. The van der Waals surface area contributed by atoms with E-state index in [1.54, 1.807) is 0 Å². The molecule has 0 atom stereocenters. The molecule has 1 rings (SSSR count). The van der Waals surface area contributed by atoms with Crippen LogP contribution in [0.1, 0.15) is 165 Å². The first-order chi connectivity index (χ1) is 18.2. The number of carbonyl (C=O) groups is 2. The molecule has 0 aromatic rings. The van der Waals surface area contributed by atoms with Gasteiger partial charge in [0.1, 0.15) is 0 Å². The van der Waals surface area contributed by atoms with Crippen molar-refractivity contribution in [3.8, 4) is 0 Å². The number of amides is 2. The second-order valence-electron chi connectivity index (χ2n) is 11.4. The number of nitrogens with two attached hydrogens (primary N) is 1. The molecule has 0 spiro atoms. The van der Waals surface area contributed by atoms with Gasteiger partial charge in [0.25, 0.3) is 0 Å². The van der Waals surface area contributed by atoms with Crippen LogP contribution in [0.5, 0.6) is 0 Å². The van der Waals surface area contributed by atoms with Crippen molar-refractivity contribution < 1.29 is 9.59 Å². The first-order valence-corrected chi connectivity index (χ1v) is 16.5. The largest absolute Gasteiger partial charge is 0.370 e. The first-order valence-electron chi connectivity index (χ1n) is 16.5. The molecule has 1 fully saturated rings. The molecule has 5 heteroatoms. The van der Waals surface area contributed by atoms with Crippen molar-refractivity contribution in [2.45, 2.75) is 165 Å². The lowest BCUT2D eigenvalue weighted by Crippen LogP contribution is -2.27. The zero-order valence-corrected chi connectivity index (χ0v) is 27.3. The third kappa shape index (κ3) is 34.9. The second-order valence-corrected chi connectivity index (χ2v) is 11.4. The van der Waals surface area contributed by atoms with Gasteiger partial charge in [-0.25, -0.2) is 0 Å². The van der Waals surface area contributed by atoms with Crippen LogP contribution in [-0.4, -0.2) is 31.4 Å². The number of primary amides is 1. The molecule has 0 saturated heterocycles. The highest BCUT2D eigenvalue weighted by Gasteiger charge is 2.21. The Morgan fingerprint density at radius 1 is 0.737 bits per heavy atom. The summed E-state index contributed by atoms with van der Waals surface area (Å²) in [4.78, 5) is 20.9. The smallest absolute Gasteiger partial charge is 0.219 e. The van der Waals surface area contributed by atoms with Crippen molar-refractivity contribution in [2.75, 3.05) is 19.6 Å². The summed E-state index contributed by atoms with van der Waals surface area (Å²) in [5, 5.41) is 6.31. The van der Waals surface area contributed by atoms with E-state index in [0.29, 0.717) is 12.8 Å². The van der Waals surface area contributed by atoms with E-state index in [0.717, 1.165) is 56.7 Å². The van der Waals surface area contributed by atoms with Gasteiger partial charge in [-0.3, -0.25) is 9.59 Å². The topological polar surface area (TPSA) is 84.2 Å². The van der Waals surface area contributed by atoms with Crippen molar-refractivity contribution >= 4 is 11.8 Å². The molecule has 2 amide bonds. The van der Waals surface area contributed by atoms with Gasteiger partial charge in [-0.1, -0.05) is 120 Å². The van der Waals surface area contributed by atoms with E-state index >= 15 is 0 Å². The molecule has 1 saturated carbocycles. The molecule has 1 aliphatic carbocycles. The summed E-state index contributed by atoms with van der Waals surface area (Å²) < 4.78 is 0. The number of rotatable bonds is 17. The Balaban J connectivity index is -0.000000495. The molecule has 0 unspecified atom stereocenters. The Morgan fingerprint density at radius 2 is 1.26 bits per heavy atom. The zero-order valence-electron chi connectivity index (χ0n) is 27.3. The quantitative estimate of drug-likeness (QED) is 0.161. The van der Waals surface area contributed by atoms with Crippen molar-refractivity contribution in [3.05, 3.63) is 0 Å². The van der Waals surface area contributed by atoms with E-state index < -0.39 is 0 Å². The molecule has 38 heavy (non-hydrogen) atoms. The standard InChI is InChI=1S/C13H28N2O.C13H26.C4H9NO.C3H8/c1-4-7-13(16)15-11-6-10-14-9-5-8-12(2)3;1-3-8-12(9-4-2)13-10-6-5-7-11-13;1-2-3-4(5)6;1-3-2/h12,14H,4-11H2,1-3H3,(H,15,16);12-13H,3-11H2,1-2H3;2-3H2,1H3,(H2,5,6);3H2,1-2H3. The van der Waals surface area contributed by atoms with Gasteiger partial charge in [0.2, 0.25) is 11.8 Å². The maximum atomic E-state index is 11.1. The average molecular weight is 542 g/mol. The van der Waals surface area contributed by atoms with Gasteiger partial charge in [-0.05, 0) is 62.9 Å². The summed E-state index contributed by atoms with van der Waals surface area (Å²) in [6, 6.07) is 0. The minimum atomic E-state index is -0.211. The lowest BCUT2D eigenvalue weighted by atomic mass is 9.76. The lowest BCUT2D eigenvalue weighted by molar-refractivity contribution is -0.121. The summed E-state index contributed by atoms with van der Waals surface area (Å²) in [7, 11) is 0. The Labute approximate surface area is 239 Å². The van der Waals surface area contributed by atoms with E-state index in [4.69, 9.17) is 5.73 Å². The fraction of sp³-hybridized carbons (Fsp3) is 0.939. The van der Waals surface area contributed by atoms with E-state index in [9.17, 15) is 9.59 Å². The fourth-order valence-corrected chi connectivity index (χ4v) is 4.73. The predicted molar refractivity (Wildman–Crippen MR) is 169 cm³/mol. The molecule has 0 heterocycles. The van der Waals surface area contributed by atoms with Crippen LogP contribution in [0.15, 0.2) is 0 Å². The minimum Gasteiger partial charge on any atom is -0.370 e. The highest BCUT2D eigenvalue weighted by molar-refractivity contribution is 5.75. The highest BCUT2D eigenvalue weighted by Crippen LogP contribution is 2.34. The molecule has 5 nitrogen and oxygen atoms in total. The fourth-order valence-electron chi connectivity index (χ4n) is 4.73. The van der Waals surface area contributed by atoms with Gasteiger partial charge >= 0.3 is 0 Å². The molecule has 4 N–H and O–H groups in total. The van der Waals surface area contributed by atoms with E-state index in [2.05, 4.69) is 52.2 Å². The van der Waals surface area contributed by atoms with E-state index in [1.165, 1.54) is 77.0 Å². The molecule has 0 radical (unpaired) electrons. The van der Waals surface area contributed by atoms with Gasteiger partial charge in [-0.15, -0.1) is 0 Å². The Kier molecular flexibility index (Phi) is 36.9. The molecular formula is C33H71N3O2. The third-order valence-electron chi connectivity index (χ3n) is 6.60. The average Bonchev–Trinajstić information content (AvgIpc) is 2.87. The van der Waals surface area contributed by atoms with Crippen LogP contribution in [-0.2, 0) is 9.59 Å². The maximum absolute atomic E-state index is 11.1. The predicted octanol–water partition coefficient (Wildman–Crippen LogP) is 8.79. The van der Waals surface area contributed by atoms with Crippen LogP contribution in [0.2, 0.25) is 0 Å². The molecule has 0 aromatic heterocycles. The lowest BCUT2D eigenvalue weighted by Gasteiger charge is -2.30. The van der Waals surface area contributed by atoms with Crippen LogP contribution >= 0.6 is 0 Å². The summed E-state index contributed by atoms with van der Waals surface area (Å²) in [6.45, 7) is 20.3. The molecular weight excluding hydrogens is 470 g/mol. The number of carbonyl (C=O) groups excluding carboxylic acids is 2. The van der Waals surface area contributed by atoms with Crippen molar-refractivity contribution in [1.29, 1.82) is 0 Å². The van der Waals surface area contributed by atoms with Crippen LogP contribution in [0.25, 0.3) is 0 Å². The first kappa shape index (κ1) is 41.4. The summed E-state index contributed by atoms with van der Waals surface area (Å²) in [6.07, 6.45) is 21.1. The zero-order chi connectivity index (χ0) is 29.4. The van der Waals surface area contributed by atoms with Crippen molar-refractivity contribution in [2.24, 2.45) is 23.5 Å². The van der Waals surface area contributed by atoms with Gasteiger partial charge in [-0.2, -0.15) is 0 Å². The third-order valence-corrected chi connectivity index (χ3v) is 6.60. The summed E-state index contributed by atoms with van der Waals surface area (Å²) in [5.74, 6) is 2.93. The van der Waals surface area contributed by atoms with Crippen molar-refractivity contribution in [1.82, 2.24) is 10.6 Å². The van der Waals surface area contributed by atoms with Gasteiger partial charge in [0.15, 0.2) is 0 Å². The van der Waals surface area contributed by atoms with Crippen LogP contribution in [0.4, 0.5) is 0 Å². The molecule has 1 aliphatic rings. The molecule has 0 aliphatic heterocycles. The van der Waals surface area contributed by atoms with Crippen LogP contribution in [0, 0.1) is 17.8 Å². The molecule has 0 aromatic carbocycles. The van der Waals surface area contributed by atoms with Crippen LogP contribution in [0.3, 0.4) is 0 Å². The Morgan fingerprint density at radius 3 is 1.68 bits per heavy atom. The normalized spacial score (nSPS) is 13.0. The second kappa shape index (κ2) is 33.9. The molecule has 230 valence electrons. The van der Waals surface area contributed by atoms with Crippen LogP contribution < -0.4 is 16.4 Å². The summed E-state index contributed by atoms with van der Waals surface area (Å²) in [5.41, 5.74) is 4.76. The highest BCUT2D eigenvalue weighted by atomic mass is 16.1. The maximum Gasteiger partial charge on any atom is 0.219 e. The minimum absolute atomic E-state index is 0.183. The number of hydrogen-bond acceptors (Lipinski definition) is 3.